The van der Waals surface area contributed by atoms with Gasteiger partial charge in [0.15, 0.2) is 0 Å². The standard InChI is InChI=1S/C13H25N3O/c1-15-8-10-16(11-9-15)12(14)13(17-2)6-4-3-5-7-13/h14H,3-11H2,1-2H3. The summed E-state index contributed by atoms with van der Waals surface area (Å²) in [5.74, 6) is 0.729. The van der Waals surface area contributed by atoms with E-state index < -0.39 is 0 Å². The Bertz CT molecular complexity index is 266. The van der Waals surface area contributed by atoms with Gasteiger partial charge in [0.05, 0.1) is 0 Å². The van der Waals surface area contributed by atoms with Gasteiger partial charge in [0.25, 0.3) is 0 Å². The van der Waals surface area contributed by atoms with Gasteiger partial charge in [-0.25, -0.2) is 0 Å². The molecule has 1 N–H and O–H groups in total. The van der Waals surface area contributed by atoms with Crippen LogP contribution in [0.1, 0.15) is 32.1 Å². The molecule has 0 bridgehead atoms. The predicted octanol–water partition coefficient (Wildman–Crippen LogP) is 1.56. The largest absolute Gasteiger partial charge is 0.370 e. The summed E-state index contributed by atoms with van der Waals surface area (Å²) in [5.41, 5.74) is -0.284. The second-order valence-corrected chi connectivity index (χ2v) is 5.40. The molecule has 1 aliphatic heterocycles. The summed E-state index contributed by atoms with van der Waals surface area (Å²) in [5, 5.41) is 8.47. The van der Waals surface area contributed by atoms with Crippen LogP contribution in [0.3, 0.4) is 0 Å². The topological polar surface area (TPSA) is 39.6 Å². The van der Waals surface area contributed by atoms with Crippen LogP contribution in [0.5, 0.6) is 0 Å². The molecule has 2 aliphatic rings. The minimum absolute atomic E-state index is 0.284. The van der Waals surface area contributed by atoms with E-state index in [2.05, 4.69) is 16.8 Å². The number of nitrogens with zero attached hydrogens (tertiary/aromatic N) is 2. The summed E-state index contributed by atoms with van der Waals surface area (Å²) in [4.78, 5) is 4.54. The summed E-state index contributed by atoms with van der Waals surface area (Å²) in [6.07, 6.45) is 5.73. The Balaban J connectivity index is 2.01. The number of nitrogens with one attached hydrogen (secondary N) is 1. The molecule has 98 valence electrons. The molecule has 1 heterocycles. The molecular weight excluding hydrogens is 214 g/mol. The van der Waals surface area contributed by atoms with Crippen molar-refractivity contribution in [1.82, 2.24) is 9.80 Å². The summed E-state index contributed by atoms with van der Waals surface area (Å²) < 4.78 is 5.74. The average Bonchev–Trinajstić information content (AvgIpc) is 2.39. The number of likely N-dealkylation sites (N-methyl/N-ethyl adjacent to an activating group) is 1. The van der Waals surface area contributed by atoms with E-state index in [1.165, 1.54) is 19.3 Å². The van der Waals surface area contributed by atoms with Crippen LogP contribution in [-0.2, 0) is 4.74 Å². The fraction of sp³-hybridized carbons (Fsp3) is 0.923. The van der Waals surface area contributed by atoms with E-state index in [4.69, 9.17) is 10.1 Å². The van der Waals surface area contributed by atoms with E-state index in [-0.39, 0.29) is 5.60 Å². The molecule has 1 saturated heterocycles. The summed E-state index contributed by atoms with van der Waals surface area (Å²) in [6, 6.07) is 0. The van der Waals surface area contributed by atoms with Gasteiger partial charge in [0.2, 0.25) is 0 Å². The molecule has 0 radical (unpaired) electrons. The minimum atomic E-state index is -0.284. The zero-order valence-electron chi connectivity index (χ0n) is 11.2. The third-order valence-corrected chi connectivity index (χ3v) is 4.30. The van der Waals surface area contributed by atoms with Crippen LogP contribution in [0.15, 0.2) is 0 Å². The molecule has 4 nitrogen and oxygen atoms in total. The first-order valence-corrected chi connectivity index (χ1v) is 6.76. The van der Waals surface area contributed by atoms with E-state index in [0.29, 0.717) is 0 Å². The molecule has 4 heteroatoms. The highest BCUT2D eigenvalue weighted by Gasteiger charge is 2.39. The first-order valence-electron chi connectivity index (χ1n) is 6.76. The van der Waals surface area contributed by atoms with Gasteiger partial charge in [-0.3, -0.25) is 5.41 Å². The van der Waals surface area contributed by atoms with Gasteiger partial charge >= 0.3 is 0 Å². The number of methoxy groups -OCH3 is 1. The normalized spacial score (nSPS) is 25.9. The quantitative estimate of drug-likeness (QED) is 0.587. The van der Waals surface area contributed by atoms with E-state index in [9.17, 15) is 0 Å². The van der Waals surface area contributed by atoms with Crippen molar-refractivity contribution in [3.63, 3.8) is 0 Å². The summed E-state index contributed by atoms with van der Waals surface area (Å²) in [6.45, 7) is 4.06. The molecule has 0 aromatic carbocycles. The van der Waals surface area contributed by atoms with Crippen molar-refractivity contribution in [3.05, 3.63) is 0 Å². The zero-order chi connectivity index (χ0) is 12.3. The lowest BCUT2D eigenvalue weighted by Gasteiger charge is -2.43. The first-order chi connectivity index (χ1) is 8.18. The van der Waals surface area contributed by atoms with Gasteiger partial charge in [-0.2, -0.15) is 0 Å². The molecule has 1 saturated carbocycles. The Morgan fingerprint density at radius 2 is 1.65 bits per heavy atom. The molecule has 2 fully saturated rings. The third kappa shape index (κ3) is 2.63. The molecule has 17 heavy (non-hydrogen) atoms. The van der Waals surface area contributed by atoms with Crippen molar-refractivity contribution in [2.24, 2.45) is 0 Å². The van der Waals surface area contributed by atoms with E-state index in [0.717, 1.165) is 44.9 Å². The molecule has 2 rings (SSSR count). The smallest absolute Gasteiger partial charge is 0.129 e. The van der Waals surface area contributed by atoms with Gasteiger partial charge in [-0.1, -0.05) is 19.3 Å². The van der Waals surface area contributed by atoms with Crippen LogP contribution in [0.25, 0.3) is 0 Å². The third-order valence-electron chi connectivity index (χ3n) is 4.30. The van der Waals surface area contributed by atoms with Gasteiger partial charge in [0, 0.05) is 33.3 Å². The van der Waals surface area contributed by atoms with Gasteiger partial charge < -0.3 is 14.5 Å². The lowest BCUT2D eigenvalue weighted by molar-refractivity contribution is 0.00582. The van der Waals surface area contributed by atoms with Crippen LogP contribution in [0, 0.1) is 5.41 Å². The average molecular weight is 239 g/mol. The number of ether oxygens (including phenoxy) is 1. The van der Waals surface area contributed by atoms with E-state index in [1.54, 1.807) is 7.11 Å². The van der Waals surface area contributed by atoms with Crippen molar-refractivity contribution >= 4 is 5.84 Å². The SMILES string of the molecule is COC1(C(=N)N2CCN(C)CC2)CCCCC1. The molecule has 0 aromatic rings. The van der Waals surface area contributed by atoms with Crippen molar-refractivity contribution < 1.29 is 4.74 Å². The highest BCUT2D eigenvalue weighted by atomic mass is 16.5. The first kappa shape index (κ1) is 12.8. The molecule has 0 aromatic heterocycles. The second-order valence-electron chi connectivity index (χ2n) is 5.40. The van der Waals surface area contributed by atoms with Crippen LogP contribution < -0.4 is 0 Å². The van der Waals surface area contributed by atoms with E-state index in [1.807, 2.05) is 0 Å². The minimum Gasteiger partial charge on any atom is -0.370 e. The lowest BCUT2D eigenvalue weighted by Crippen LogP contribution is -2.56. The fourth-order valence-electron chi connectivity index (χ4n) is 2.98. The maximum Gasteiger partial charge on any atom is 0.129 e. The van der Waals surface area contributed by atoms with E-state index >= 15 is 0 Å². The second kappa shape index (κ2) is 5.36. The van der Waals surface area contributed by atoms with Crippen LogP contribution in [0.4, 0.5) is 0 Å². The monoisotopic (exact) mass is 239 g/mol. The molecule has 0 amide bonds. The molecule has 1 aliphatic carbocycles. The maximum absolute atomic E-state index is 8.47. The van der Waals surface area contributed by atoms with Crippen molar-refractivity contribution in [3.8, 4) is 0 Å². The number of amidine groups is 1. The number of rotatable bonds is 2. The number of hydrogen-bond acceptors (Lipinski definition) is 3. The Morgan fingerprint density at radius 3 is 2.18 bits per heavy atom. The molecule has 0 unspecified atom stereocenters. The Kier molecular flexibility index (Phi) is 4.05. The van der Waals surface area contributed by atoms with Crippen LogP contribution in [0.2, 0.25) is 0 Å². The highest BCUT2D eigenvalue weighted by Crippen LogP contribution is 2.33. The summed E-state index contributed by atoms with van der Waals surface area (Å²) in [7, 11) is 3.92. The predicted molar refractivity (Wildman–Crippen MR) is 69.6 cm³/mol. The van der Waals surface area contributed by atoms with Crippen LogP contribution >= 0.6 is 0 Å². The molecular formula is C13H25N3O. The lowest BCUT2D eigenvalue weighted by atomic mass is 9.83. The highest BCUT2D eigenvalue weighted by molar-refractivity contribution is 5.88. The maximum atomic E-state index is 8.47. The van der Waals surface area contributed by atoms with Crippen LogP contribution in [-0.4, -0.2) is 61.6 Å². The van der Waals surface area contributed by atoms with Gasteiger partial charge in [-0.05, 0) is 19.9 Å². The number of piperazine rings is 1. The van der Waals surface area contributed by atoms with Crippen molar-refractivity contribution in [2.45, 2.75) is 37.7 Å². The Hall–Kier alpha value is -0.610. The fourth-order valence-corrected chi connectivity index (χ4v) is 2.98. The summed E-state index contributed by atoms with van der Waals surface area (Å²) >= 11 is 0. The zero-order valence-corrected chi connectivity index (χ0v) is 11.2. The van der Waals surface area contributed by atoms with Gasteiger partial charge in [-0.15, -0.1) is 0 Å². The molecule has 0 spiro atoms. The Morgan fingerprint density at radius 1 is 1.06 bits per heavy atom. The Labute approximate surface area is 104 Å². The van der Waals surface area contributed by atoms with Crippen molar-refractivity contribution in [2.75, 3.05) is 40.3 Å². The van der Waals surface area contributed by atoms with Crippen molar-refractivity contribution in [1.29, 1.82) is 5.41 Å². The van der Waals surface area contributed by atoms with Gasteiger partial charge in [0.1, 0.15) is 11.4 Å². The number of hydrogen-bond donors (Lipinski definition) is 1. The molecule has 0 atom stereocenters.